The number of anilines is 1. The molecule has 0 unspecified atom stereocenters. The van der Waals surface area contributed by atoms with Gasteiger partial charge in [0.05, 0.1) is 31.0 Å². The summed E-state index contributed by atoms with van der Waals surface area (Å²) in [5.41, 5.74) is 4.38. The van der Waals surface area contributed by atoms with Crippen molar-refractivity contribution in [3.8, 4) is 5.75 Å². The van der Waals surface area contributed by atoms with E-state index in [1.165, 1.54) is 12.8 Å². The fraction of sp³-hybridized carbons (Fsp3) is 0.333. The Morgan fingerprint density at radius 2 is 1.80 bits per heavy atom. The number of esters is 1. The van der Waals surface area contributed by atoms with E-state index in [1.54, 1.807) is 7.11 Å². The molecule has 1 aliphatic rings. The highest BCUT2D eigenvalue weighted by Crippen LogP contribution is 2.26. The molecule has 0 spiro atoms. The molecule has 6 heteroatoms. The van der Waals surface area contributed by atoms with Gasteiger partial charge in [-0.05, 0) is 30.7 Å². The normalized spacial score (nSPS) is 14.7. The van der Waals surface area contributed by atoms with Gasteiger partial charge in [0, 0.05) is 49.9 Å². The quantitative estimate of drug-likeness (QED) is 0.604. The number of hydrogen-bond donors (Lipinski definition) is 0. The number of piperazine rings is 1. The molecule has 6 nitrogen and oxygen atoms in total. The predicted molar refractivity (Wildman–Crippen MR) is 118 cm³/mol. The third kappa shape index (κ3) is 3.96. The van der Waals surface area contributed by atoms with Crippen LogP contribution in [0.3, 0.4) is 0 Å². The van der Waals surface area contributed by atoms with Crippen LogP contribution in [-0.2, 0) is 11.3 Å². The van der Waals surface area contributed by atoms with Gasteiger partial charge in [0.25, 0.3) is 0 Å². The Morgan fingerprint density at radius 1 is 1.03 bits per heavy atom. The van der Waals surface area contributed by atoms with Gasteiger partial charge in [-0.25, -0.2) is 4.79 Å². The largest absolute Gasteiger partial charge is 0.497 e. The number of aromatic nitrogens is 1. The van der Waals surface area contributed by atoms with Crippen LogP contribution in [0.25, 0.3) is 10.9 Å². The van der Waals surface area contributed by atoms with Crippen molar-refractivity contribution >= 4 is 22.6 Å². The van der Waals surface area contributed by atoms with Crippen LogP contribution in [0.15, 0.2) is 48.5 Å². The van der Waals surface area contributed by atoms with E-state index in [9.17, 15) is 4.79 Å². The van der Waals surface area contributed by atoms with E-state index in [-0.39, 0.29) is 5.97 Å². The average Bonchev–Trinajstić information content (AvgIpc) is 2.79. The van der Waals surface area contributed by atoms with Crippen LogP contribution >= 0.6 is 0 Å². The third-order valence-electron chi connectivity index (χ3n) is 5.78. The monoisotopic (exact) mass is 405 g/mol. The lowest BCUT2D eigenvalue weighted by molar-refractivity contribution is 0.0596. The van der Waals surface area contributed by atoms with E-state index in [1.807, 2.05) is 43.3 Å². The number of pyridine rings is 1. The van der Waals surface area contributed by atoms with Crippen LogP contribution in [-0.4, -0.2) is 56.3 Å². The van der Waals surface area contributed by atoms with E-state index in [4.69, 9.17) is 14.5 Å². The molecule has 0 N–H and O–H groups in total. The maximum atomic E-state index is 12.5. The molecule has 1 aliphatic heterocycles. The molecule has 0 saturated carbocycles. The number of rotatable bonds is 5. The van der Waals surface area contributed by atoms with Gasteiger partial charge >= 0.3 is 5.97 Å². The van der Waals surface area contributed by atoms with Crippen LogP contribution in [0.4, 0.5) is 5.69 Å². The van der Waals surface area contributed by atoms with Crippen molar-refractivity contribution in [3.63, 3.8) is 0 Å². The minimum atomic E-state index is -0.323. The number of benzene rings is 2. The van der Waals surface area contributed by atoms with Crippen molar-refractivity contribution in [2.24, 2.45) is 0 Å². The Bertz CT molecular complexity index is 1060. The number of aryl methyl sites for hydroxylation is 1. The van der Waals surface area contributed by atoms with Crippen LogP contribution in [0.1, 0.15) is 21.6 Å². The molecule has 1 aromatic heterocycles. The number of nitrogens with zero attached hydrogens (tertiary/aromatic N) is 3. The number of fused-ring (bicyclic) bond motifs is 1. The number of methoxy groups -OCH3 is 2. The fourth-order valence-electron chi connectivity index (χ4n) is 4.11. The van der Waals surface area contributed by atoms with Gasteiger partial charge in [0.2, 0.25) is 0 Å². The summed E-state index contributed by atoms with van der Waals surface area (Å²) in [6, 6.07) is 16.1. The minimum Gasteiger partial charge on any atom is -0.497 e. The van der Waals surface area contributed by atoms with Gasteiger partial charge < -0.3 is 14.4 Å². The molecule has 156 valence electrons. The molecule has 1 saturated heterocycles. The van der Waals surface area contributed by atoms with Crippen LogP contribution in [0.5, 0.6) is 5.75 Å². The predicted octanol–water partition coefficient (Wildman–Crippen LogP) is 3.66. The molecule has 0 radical (unpaired) electrons. The lowest BCUT2D eigenvalue weighted by Crippen LogP contribution is -2.46. The Hall–Kier alpha value is -3.12. The summed E-state index contributed by atoms with van der Waals surface area (Å²) >= 11 is 0. The number of carbonyl (C=O) groups excluding carboxylic acids is 1. The molecule has 0 bridgehead atoms. The first-order valence-electron chi connectivity index (χ1n) is 10.2. The summed E-state index contributed by atoms with van der Waals surface area (Å²) in [5.74, 6) is 0.546. The average molecular weight is 405 g/mol. The molecule has 4 rings (SSSR count). The first-order chi connectivity index (χ1) is 14.6. The molecular weight excluding hydrogens is 378 g/mol. The summed E-state index contributed by atoms with van der Waals surface area (Å²) in [6.07, 6.45) is 0. The van der Waals surface area contributed by atoms with E-state index in [2.05, 4.69) is 21.9 Å². The van der Waals surface area contributed by atoms with Crippen molar-refractivity contribution in [1.82, 2.24) is 9.88 Å². The van der Waals surface area contributed by atoms with Crippen molar-refractivity contribution in [1.29, 1.82) is 0 Å². The van der Waals surface area contributed by atoms with Gasteiger partial charge in [-0.15, -0.1) is 0 Å². The van der Waals surface area contributed by atoms with Crippen LogP contribution < -0.4 is 9.64 Å². The standard InChI is InChI=1S/C24H27N3O3/c1-17-20-9-4-5-10-21(20)25-22(23(17)24(28)30-3)16-26-11-13-27(14-12-26)18-7-6-8-19(15-18)29-2/h4-10,15H,11-14,16H2,1-3H3. The molecule has 0 aliphatic carbocycles. The van der Waals surface area contributed by atoms with Crippen LogP contribution in [0, 0.1) is 6.92 Å². The van der Waals surface area contributed by atoms with Crippen molar-refractivity contribution in [2.75, 3.05) is 45.3 Å². The van der Waals surface area contributed by atoms with Crippen molar-refractivity contribution < 1.29 is 14.3 Å². The van der Waals surface area contributed by atoms with Crippen molar-refractivity contribution in [3.05, 3.63) is 65.4 Å². The van der Waals surface area contributed by atoms with Crippen LogP contribution in [0.2, 0.25) is 0 Å². The minimum absolute atomic E-state index is 0.323. The molecule has 1 fully saturated rings. The molecule has 3 aromatic rings. The van der Waals surface area contributed by atoms with Gasteiger partial charge in [-0.3, -0.25) is 9.88 Å². The van der Waals surface area contributed by atoms with E-state index < -0.39 is 0 Å². The van der Waals surface area contributed by atoms with E-state index in [0.717, 1.165) is 54.1 Å². The van der Waals surface area contributed by atoms with Gasteiger partial charge in [-0.2, -0.15) is 0 Å². The Balaban J connectivity index is 1.54. The number of para-hydroxylation sites is 1. The Morgan fingerprint density at radius 3 is 2.53 bits per heavy atom. The summed E-state index contributed by atoms with van der Waals surface area (Å²) in [7, 11) is 3.11. The van der Waals surface area contributed by atoms with Gasteiger partial charge in [0.15, 0.2) is 0 Å². The lowest BCUT2D eigenvalue weighted by Gasteiger charge is -2.36. The van der Waals surface area contributed by atoms with E-state index >= 15 is 0 Å². The molecule has 30 heavy (non-hydrogen) atoms. The van der Waals surface area contributed by atoms with E-state index in [0.29, 0.717) is 12.1 Å². The number of hydrogen-bond acceptors (Lipinski definition) is 6. The second kappa shape index (κ2) is 8.71. The highest BCUT2D eigenvalue weighted by atomic mass is 16.5. The maximum absolute atomic E-state index is 12.5. The molecular formula is C24H27N3O3. The zero-order valence-corrected chi connectivity index (χ0v) is 17.7. The molecule has 0 amide bonds. The van der Waals surface area contributed by atoms with Gasteiger partial charge in [0.1, 0.15) is 5.75 Å². The third-order valence-corrected chi connectivity index (χ3v) is 5.78. The molecule has 2 heterocycles. The molecule has 0 atom stereocenters. The fourth-order valence-corrected chi connectivity index (χ4v) is 4.11. The highest BCUT2D eigenvalue weighted by molar-refractivity contribution is 5.98. The molecule has 2 aromatic carbocycles. The summed E-state index contributed by atoms with van der Waals surface area (Å²) < 4.78 is 10.4. The summed E-state index contributed by atoms with van der Waals surface area (Å²) in [6.45, 7) is 6.21. The topological polar surface area (TPSA) is 54.9 Å². The highest BCUT2D eigenvalue weighted by Gasteiger charge is 2.23. The number of carbonyl (C=O) groups is 1. The first kappa shape index (κ1) is 20.2. The van der Waals surface area contributed by atoms with Gasteiger partial charge in [-0.1, -0.05) is 24.3 Å². The zero-order valence-electron chi connectivity index (χ0n) is 17.7. The smallest absolute Gasteiger partial charge is 0.340 e. The lowest BCUT2D eigenvalue weighted by atomic mass is 10.0. The van der Waals surface area contributed by atoms with Crippen molar-refractivity contribution in [2.45, 2.75) is 13.5 Å². The summed E-state index contributed by atoms with van der Waals surface area (Å²) in [4.78, 5) is 22.1. The zero-order chi connectivity index (χ0) is 21.1. The Kier molecular flexibility index (Phi) is 5.86. The first-order valence-corrected chi connectivity index (χ1v) is 10.2. The Labute approximate surface area is 177 Å². The SMILES string of the molecule is COC(=O)c1c(CN2CCN(c3cccc(OC)c3)CC2)nc2ccccc2c1C. The summed E-state index contributed by atoms with van der Waals surface area (Å²) in [5, 5.41) is 0.990. The second-order valence-corrected chi connectivity index (χ2v) is 7.53. The number of ether oxygens (including phenoxy) is 2. The second-order valence-electron chi connectivity index (χ2n) is 7.53. The maximum Gasteiger partial charge on any atom is 0.340 e.